The molecule has 1 aromatic carbocycles. The largest absolute Gasteiger partial charge is 0.495 e. The Balaban J connectivity index is 2.13. The lowest BCUT2D eigenvalue weighted by Gasteiger charge is -2.13. The van der Waals surface area contributed by atoms with E-state index in [4.69, 9.17) is 4.74 Å². The number of methoxy groups -OCH3 is 1. The molecule has 0 atom stereocenters. The van der Waals surface area contributed by atoms with Crippen LogP contribution in [0.25, 0.3) is 0 Å². The Hall–Kier alpha value is -2.49. The average molecular weight is 407 g/mol. The molecule has 9 heteroatoms. The second kappa shape index (κ2) is 10.2. The Morgan fingerprint density at radius 2 is 2.00 bits per heavy atom. The van der Waals surface area contributed by atoms with Gasteiger partial charge in [-0.15, -0.1) is 0 Å². The van der Waals surface area contributed by atoms with Gasteiger partial charge in [0.15, 0.2) is 0 Å². The molecule has 0 bridgehead atoms. The Morgan fingerprint density at radius 1 is 1.21 bits per heavy atom. The molecule has 0 fully saturated rings. The number of rotatable bonds is 10. The smallest absolute Gasteiger partial charge is 0.251 e. The van der Waals surface area contributed by atoms with Crippen LogP contribution in [0, 0.1) is 0 Å². The van der Waals surface area contributed by atoms with Gasteiger partial charge in [-0.25, -0.2) is 13.1 Å². The maximum absolute atomic E-state index is 12.7. The van der Waals surface area contributed by atoms with Crippen LogP contribution < -0.4 is 14.8 Å². The Bertz CT molecular complexity index is 886. The van der Waals surface area contributed by atoms with Crippen LogP contribution in [0.1, 0.15) is 22.5 Å². The molecule has 0 unspecified atom stereocenters. The fraction of sp³-hybridized carbons (Fsp3) is 0.368. The number of ether oxygens (including phenoxy) is 1. The first-order chi connectivity index (χ1) is 13.3. The highest BCUT2D eigenvalue weighted by Crippen LogP contribution is 2.25. The van der Waals surface area contributed by atoms with Crippen molar-refractivity contribution in [2.75, 3.05) is 34.3 Å². The lowest BCUT2D eigenvalue weighted by atomic mass is 10.2. The van der Waals surface area contributed by atoms with Crippen LogP contribution in [-0.2, 0) is 16.6 Å². The zero-order valence-corrected chi connectivity index (χ0v) is 17.1. The van der Waals surface area contributed by atoms with Gasteiger partial charge in [0.25, 0.3) is 5.91 Å². The van der Waals surface area contributed by atoms with Crippen LogP contribution in [0.3, 0.4) is 0 Å². The van der Waals surface area contributed by atoms with Gasteiger partial charge in [0, 0.05) is 18.3 Å². The first-order valence-electron chi connectivity index (χ1n) is 8.84. The van der Waals surface area contributed by atoms with Crippen molar-refractivity contribution in [2.45, 2.75) is 17.9 Å². The van der Waals surface area contributed by atoms with Gasteiger partial charge in [-0.05, 0) is 57.4 Å². The monoisotopic (exact) mass is 406 g/mol. The van der Waals surface area contributed by atoms with Gasteiger partial charge in [0.1, 0.15) is 10.6 Å². The van der Waals surface area contributed by atoms with Gasteiger partial charge in [-0.3, -0.25) is 9.78 Å². The molecule has 0 spiro atoms. The topological polar surface area (TPSA) is 101 Å². The second-order valence-corrected chi connectivity index (χ2v) is 8.16. The molecule has 1 aromatic heterocycles. The third kappa shape index (κ3) is 6.29. The third-order valence-electron chi connectivity index (χ3n) is 3.95. The van der Waals surface area contributed by atoms with E-state index in [0.29, 0.717) is 12.2 Å². The molecule has 1 amide bonds. The summed E-state index contributed by atoms with van der Waals surface area (Å²) in [5, 5.41) is 2.80. The minimum absolute atomic E-state index is 0.0350. The van der Waals surface area contributed by atoms with Crippen molar-refractivity contribution in [3.8, 4) is 5.75 Å². The number of carbonyl (C=O) groups excluding carboxylic acids is 1. The number of amides is 1. The number of nitrogens with one attached hydrogen (secondary N) is 2. The van der Waals surface area contributed by atoms with Gasteiger partial charge in [-0.1, -0.05) is 6.07 Å². The summed E-state index contributed by atoms with van der Waals surface area (Å²) in [4.78, 5) is 18.4. The molecule has 0 aliphatic heterocycles. The summed E-state index contributed by atoms with van der Waals surface area (Å²) in [7, 11) is 1.41. The van der Waals surface area contributed by atoms with Crippen molar-refractivity contribution in [3.05, 3.63) is 53.9 Å². The summed E-state index contributed by atoms with van der Waals surface area (Å²) in [5.74, 6) is -0.166. The van der Waals surface area contributed by atoms with E-state index in [1.807, 2.05) is 19.0 Å². The standard InChI is InChI=1S/C19H26N4O4S/c1-23(2)12-6-11-21-19(24)15-8-9-17(27-3)18(13-15)28(25,26)22-14-16-7-4-5-10-20-16/h4-5,7-10,13,22H,6,11-12,14H2,1-3H3,(H,21,24). The van der Waals surface area contributed by atoms with Gasteiger partial charge in [0.05, 0.1) is 19.3 Å². The predicted molar refractivity (Wildman–Crippen MR) is 107 cm³/mol. The SMILES string of the molecule is COc1ccc(C(=O)NCCCN(C)C)cc1S(=O)(=O)NCc1ccccn1. The Kier molecular flexibility index (Phi) is 7.91. The fourth-order valence-corrected chi connectivity index (χ4v) is 3.67. The average Bonchev–Trinajstić information content (AvgIpc) is 2.69. The Labute approximate surface area is 166 Å². The van der Waals surface area contributed by atoms with Crippen LogP contribution in [0.4, 0.5) is 0 Å². The van der Waals surface area contributed by atoms with E-state index >= 15 is 0 Å². The Morgan fingerprint density at radius 3 is 2.64 bits per heavy atom. The van der Waals surface area contributed by atoms with E-state index < -0.39 is 10.0 Å². The molecule has 0 radical (unpaired) electrons. The van der Waals surface area contributed by atoms with Crippen LogP contribution in [0.15, 0.2) is 47.5 Å². The van der Waals surface area contributed by atoms with Crippen molar-refractivity contribution < 1.29 is 17.9 Å². The lowest BCUT2D eigenvalue weighted by Crippen LogP contribution is -2.28. The first kappa shape index (κ1) is 21.8. The molecule has 2 aromatic rings. The number of carbonyl (C=O) groups is 1. The highest BCUT2D eigenvalue weighted by atomic mass is 32.2. The maximum atomic E-state index is 12.7. The van der Waals surface area contributed by atoms with Crippen molar-refractivity contribution in [1.29, 1.82) is 0 Å². The van der Waals surface area contributed by atoms with Gasteiger partial charge in [-0.2, -0.15) is 0 Å². The van der Waals surface area contributed by atoms with Crippen molar-refractivity contribution >= 4 is 15.9 Å². The zero-order chi connectivity index (χ0) is 20.6. The van der Waals surface area contributed by atoms with Gasteiger partial charge >= 0.3 is 0 Å². The minimum atomic E-state index is -3.90. The van der Waals surface area contributed by atoms with E-state index in [2.05, 4.69) is 15.0 Å². The van der Waals surface area contributed by atoms with E-state index in [9.17, 15) is 13.2 Å². The minimum Gasteiger partial charge on any atom is -0.495 e. The zero-order valence-electron chi connectivity index (χ0n) is 16.3. The molecule has 152 valence electrons. The maximum Gasteiger partial charge on any atom is 0.251 e. The lowest BCUT2D eigenvalue weighted by molar-refractivity contribution is 0.0952. The molecular weight excluding hydrogens is 380 g/mol. The van der Waals surface area contributed by atoms with Gasteiger partial charge in [0.2, 0.25) is 10.0 Å². The van der Waals surface area contributed by atoms with Crippen LogP contribution in [0.5, 0.6) is 5.75 Å². The molecular formula is C19H26N4O4S. The molecule has 2 rings (SSSR count). The number of aromatic nitrogens is 1. The number of sulfonamides is 1. The summed E-state index contributed by atoms with van der Waals surface area (Å²) < 4.78 is 33.1. The van der Waals surface area contributed by atoms with E-state index in [-0.39, 0.29) is 28.7 Å². The summed E-state index contributed by atoms with van der Waals surface area (Å²) >= 11 is 0. The molecule has 0 saturated carbocycles. The number of hydrogen-bond acceptors (Lipinski definition) is 6. The molecule has 0 aliphatic carbocycles. The number of benzene rings is 1. The summed E-state index contributed by atoms with van der Waals surface area (Å²) in [5.41, 5.74) is 0.837. The predicted octanol–water partition coefficient (Wildman–Crippen LogP) is 1.25. The molecule has 0 saturated heterocycles. The summed E-state index contributed by atoms with van der Waals surface area (Å²) in [6.45, 7) is 1.39. The molecule has 28 heavy (non-hydrogen) atoms. The molecule has 0 aliphatic rings. The summed E-state index contributed by atoms with van der Waals surface area (Å²) in [6, 6.07) is 9.58. The van der Waals surface area contributed by atoms with E-state index in [1.54, 1.807) is 24.4 Å². The highest BCUT2D eigenvalue weighted by Gasteiger charge is 2.21. The molecule has 1 heterocycles. The third-order valence-corrected chi connectivity index (χ3v) is 5.37. The molecule has 8 nitrogen and oxygen atoms in total. The highest BCUT2D eigenvalue weighted by molar-refractivity contribution is 7.89. The van der Waals surface area contributed by atoms with Crippen molar-refractivity contribution in [2.24, 2.45) is 0 Å². The van der Waals surface area contributed by atoms with Crippen molar-refractivity contribution in [3.63, 3.8) is 0 Å². The van der Waals surface area contributed by atoms with Crippen LogP contribution in [-0.4, -0.2) is 58.5 Å². The number of nitrogens with zero attached hydrogens (tertiary/aromatic N) is 2. The fourth-order valence-electron chi connectivity index (χ4n) is 2.48. The number of pyridine rings is 1. The summed E-state index contributed by atoms with van der Waals surface area (Å²) in [6.07, 6.45) is 2.39. The van der Waals surface area contributed by atoms with Gasteiger partial charge < -0.3 is 15.0 Å². The molecule has 2 N–H and O–H groups in total. The van der Waals surface area contributed by atoms with Crippen LogP contribution >= 0.6 is 0 Å². The van der Waals surface area contributed by atoms with E-state index in [0.717, 1.165) is 13.0 Å². The number of hydrogen-bond donors (Lipinski definition) is 2. The normalized spacial score (nSPS) is 11.4. The second-order valence-electron chi connectivity index (χ2n) is 6.42. The van der Waals surface area contributed by atoms with E-state index in [1.165, 1.54) is 25.3 Å². The van der Waals surface area contributed by atoms with Crippen LogP contribution in [0.2, 0.25) is 0 Å². The first-order valence-corrected chi connectivity index (χ1v) is 10.3. The van der Waals surface area contributed by atoms with Crippen molar-refractivity contribution in [1.82, 2.24) is 19.9 Å². The quantitative estimate of drug-likeness (QED) is 0.576.